The van der Waals surface area contributed by atoms with Gasteiger partial charge < -0.3 is 13.6 Å². The fourth-order valence-corrected chi connectivity index (χ4v) is 3.16. The highest BCUT2D eigenvalue weighted by Gasteiger charge is 2.21. The van der Waals surface area contributed by atoms with E-state index in [0.717, 1.165) is 10.8 Å². The number of para-hydroxylation sites is 1. The van der Waals surface area contributed by atoms with E-state index in [9.17, 15) is 9.59 Å². The Kier molecular flexibility index (Phi) is 4.27. The van der Waals surface area contributed by atoms with E-state index < -0.39 is 11.8 Å². The van der Waals surface area contributed by atoms with Gasteiger partial charge in [0.25, 0.3) is 0 Å². The third kappa shape index (κ3) is 2.87. The van der Waals surface area contributed by atoms with Crippen LogP contribution in [0.5, 0.6) is 5.75 Å². The number of methoxy groups -OCH3 is 1. The maximum atomic E-state index is 12.5. The summed E-state index contributed by atoms with van der Waals surface area (Å²) in [4.78, 5) is 24.9. The zero-order valence-electron chi connectivity index (χ0n) is 15.6. The largest absolute Gasteiger partial charge is 0.497 e. The molecule has 0 atom stereocenters. The summed E-state index contributed by atoms with van der Waals surface area (Å²) in [5.41, 5.74) is 7.28. The number of amides is 2. The van der Waals surface area contributed by atoms with Gasteiger partial charge in [-0.2, -0.15) is 0 Å². The van der Waals surface area contributed by atoms with Crippen molar-refractivity contribution in [3.63, 3.8) is 0 Å². The summed E-state index contributed by atoms with van der Waals surface area (Å²) >= 11 is 0. The minimum atomic E-state index is -0.560. The second-order valence-electron chi connectivity index (χ2n) is 6.38. The van der Waals surface area contributed by atoms with Gasteiger partial charge >= 0.3 is 11.8 Å². The van der Waals surface area contributed by atoms with Crippen molar-refractivity contribution in [2.45, 2.75) is 13.8 Å². The number of hydrogen-bond donors (Lipinski definition) is 2. The number of rotatable bonds is 3. The average Bonchev–Trinajstić information content (AvgIpc) is 3.23. The van der Waals surface area contributed by atoms with E-state index in [0.29, 0.717) is 28.0 Å². The molecule has 28 heavy (non-hydrogen) atoms. The van der Waals surface area contributed by atoms with Crippen molar-refractivity contribution >= 4 is 33.8 Å². The second-order valence-corrected chi connectivity index (χ2v) is 6.38. The molecule has 2 aromatic heterocycles. The van der Waals surface area contributed by atoms with E-state index in [1.54, 1.807) is 45.2 Å². The zero-order chi connectivity index (χ0) is 19.8. The predicted molar refractivity (Wildman–Crippen MR) is 103 cm³/mol. The Hall–Kier alpha value is -3.74. The number of carbonyl (C=O) groups is 2. The molecule has 2 aromatic carbocycles. The number of furan rings is 2. The number of hydrazine groups is 1. The van der Waals surface area contributed by atoms with Crippen LogP contribution in [0, 0.1) is 13.8 Å². The van der Waals surface area contributed by atoms with Gasteiger partial charge in [0.2, 0.25) is 0 Å². The molecule has 0 bridgehead atoms. The van der Waals surface area contributed by atoms with E-state index in [4.69, 9.17) is 13.6 Å². The molecule has 0 aliphatic carbocycles. The molecule has 2 N–H and O–H groups in total. The van der Waals surface area contributed by atoms with E-state index in [2.05, 4.69) is 10.9 Å². The summed E-state index contributed by atoms with van der Waals surface area (Å²) in [5.74, 6) is -0.179. The van der Waals surface area contributed by atoms with Crippen LogP contribution in [-0.2, 0) is 0 Å². The molecular weight excluding hydrogens is 360 g/mol. The fourth-order valence-electron chi connectivity index (χ4n) is 3.16. The summed E-state index contributed by atoms with van der Waals surface area (Å²) < 4.78 is 16.4. The van der Waals surface area contributed by atoms with Gasteiger partial charge in [-0.1, -0.05) is 18.2 Å². The van der Waals surface area contributed by atoms with Gasteiger partial charge in [0.15, 0.2) is 11.5 Å². The maximum Gasteiger partial charge on any atom is 0.305 e. The summed E-state index contributed by atoms with van der Waals surface area (Å²) in [7, 11) is 1.57. The molecule has 0 spiro atoms. The van der Waals surface area contributed by atoms with Crippen molar-refractivity contribution in [1.29, 1.82) is 0 Å². The van der Waals surface area contributed by atoms with Gasteiger partial charge in [0.1, 0.15) is 16.9 Å². The molecule has 2 amide bonds. The lowest BCUT2D eigenvalue weighted by molar-refractivity contribution is 0.0818. The van der Waals surface area contributed by atoms with Gasteiger partial charge in [0.05, 0.1) is 7.11 Å². The lowest BCUT2D eigenvalue weighted by atomic mass is 10.1. The monoisotopic (exact) mass is 378 g/mol. The number of ether oxygens (including phenoxy) is 1. The Morgan fingerprint density at radius 1 is 0.821 bits per heavy atom. The molecule has 4 rings (SSSR count). The summed E-state index contributed by atoms with van der Waals surface area (Å²) in [6.07, 6.45) is 0. The lowest BCUT2D eigenvalue weighted by Gasteiger charge is -2.05. The Morgan fingerprint density at radius 3 is 2.00 bits per heavy atom. The molecule has 2 heterocycles. The smallest absolute Gasteiger partial charge is 0.305 e. The molecule has 0 radical (unpaired) electrons. The molecule has 4 aromatic rings. The third-order valence-electron chi connectivity index (χ3n) is 4.69. The Morgan fingerprint density at radius 2 is 1.39 bits per heavy atom. The van der Waals surface area contributed by atoms with Crippen molar-refractivity contribution in [3.05, 3.63) is 65.1 Å². The summed E-state index contributed by atoms with van der Waals surface area (Å²) in [6, 6.07) is 12.6. The van der Waals surface area contributed by atoms with E-state index >= 15 is 0 Å². The van der Waals surface area contributed by atoms with Crippen LogP contribution >= 0.6 is 0 Å². The van der Waals surface area contributed by atoms with E-state index in [1.165, 1.54) is 0 Å². The first-order chi connectivity index (χ1) is 13.5. The molecule has 7 nitrogen and oxygen atoms in total. The molecule has 7 heteroatoms. The van der Waals surface area contributed by atoms with Gasteiger partial charge in [-0.05, 0) is 38.1 Å². The van der Waals surface area contributed by atoms with Gasteiger partial charge in [-0.25, -0.2) is 0 Å². The molecule has 0 saturated heterocycles. The topological polar surface area (TPSA) is 93.7 Å². The fraction of sp³-hybridized carbons (Fsp3) is 0.143. The number of hydrogen-bond acceptors (Lipinski definition) is 5. The van der Waals surface area contributed by atoms with Gasteiger partial charge in [-0.15, -0.1) is 0 Å². The maximum absolute atomic E-state index is 12.5. The quantitative estimate of drug-likeness (QED) is 0.528. The van der Waals surface area contributed by atoms with Crippen LogP contribution in [-0.4, -0.2) is 18.9 Å². The molecule has 0 unspecified atom stereocenters. The zero-order valence-corrected chi connectivity index (χ0v) is 15.6. The molecule has 0 aliphatic rings. The Bertz CT molecular complexity index is 1220. The van der Waals surface area contributed by atoms with Gasteiger partial charge in [-0.3, -0.25) is 20.4 Å². The van der Waals surface area contributed by atoms with Crippen molar-refractivity contribution in [3.8, 4) is 5.75 Å². The van der Waals surface area contributed by atoms with Crippen molar-refractivity contribution in [2.24, 2.45) is 0 Å². The third-order valence-corrected chi connectivity index (χ3v) is 4.69. The standard InChI is InChI=1S/C21H18N2O5/c1-11-14-6-4-5-7-16(14)27-18(11)20(24)22-23-21(25)19-12(2)15-10-13(26-3)8-9-17(15)28-19/h4-10H,1-3H3,(H,22,24)(H,23,25). The van der Waals surface area contributed by atoms with Crippen LogP contribution in [0.2, 0.25) is 0 Å². The van der Waals surface area contributed by atoms with E-state index in [1.807, 2.05) is 18.2 Å². The highest BCUT2D eigenvalue weighted by Crippen LogP contribution is 2.29. The highest BCUT2D eigenvalue weighted by molar-refractivity contribution is 6.02. The molecule has 0 fully saturated rings. The Balaban J connectivity index is 1.54. The first-order valence-corrected chi connectivity index (χ1v) is 8.65. The van der Waals surface area contributed by atoms with Crippen LogP contribution in [0.25, 0.3) is 21.9 Å². The van der Waals surface area contributed by atoms with Crippen molar-refractivity contribution in [1.82, 2.24) is 10.9 Å². The average molecular weight is 378 g/mol. The first-order valence-electron chi connectivity index (χ1n) is 8.65. The van der Waals surface area contributed by atoms with Crippen LogP contribution < -0.4 is 15.6 Å². The van der Waals surface area contributed by atoms with Gasteiger partial charge in [0, 0.05) is 21.9 Å². The highest BCUT2D eigenvalue weighted by atomic mass is 16.5. The molecule has 0 aliphatic heterocycles. The minimum Gasteiger partial charge on any atom is -0.497 e. The lowest BCUT2D eigenvalue weighted by Crippen LogP contribution is -2.41. The van der Waals surface area contributed by atoms with Crippen LogP contribution in [0.15, 0.2) is 51.3 Å². The predicted octanol–water partition coefficient (Wildman–Crippen LogP) is 3.88. The van der Waals surface area contributed by atoms with E-state index in [-0.39, 0.29) is 11.5 Å². The number of nitrogens with one attached hydrogen (secondary N) is 2. The number of benzene rings is 2. The first kappa shape index (κ1) is 17.7. The Labute approximate surface area is 160 Å². The number of fused-ring (bicyclic) bond motifs is 2. The second kappa shape index (κ2) is 6.77. The molecular formula is C21H18N2O5. The number of aryl methyl sites for hydroxylation is 2. The van der Waals surface area contributed by atoms with Crippen LogP contribution in [0.3, 0.4) is 0 Å². The van der Waals surface area contributed by atoms with Crippen LogP contribution in [0.1, 0.15) is 32.2 Å². The summed E-state index contributed by atoms with van der Waals surface area (Å²) in [6.45, 7) is 3.56. The number of carbonyl (C=O) groups excluding carboxylic acids is 2. The SMILES string of the molecule is COc1ccc2oc(C(=O)NNC(=O)c3oc4ccccc4c3C)c(C)c2c1. The molecule has 0 saturated carbocycles. The minimum absolute atomic E-state index is 0.116. The van der Waals surface area contributed by atoms with Crippen LogP contribution in [0.4, 0.5) is 0 Å². The summed E-state index contributed by atoms with van der Waals surface area (Å²) in [5, 5.41) is 1.62. The van der Waals surface area contributed by atoms with Crippen molar-refractivity contribution in [2.75, 3.05) is 7.11 Å². The van der Waals surface area contributed by atoms with Crippen molar-refractivity contribution < 1.29 is 23.2 Å². The normalized spacial score (nSPS) is 11.0. The molecule has 142 valence electrons.